The monoisotopic (exact) mass is 374 g/mol. The Balaban J connectivity index is 1.77. The average molecular weight is 374 g/mol. The number of alkyl carbamates (subject to hydrolysis) is 1. The summed E-state index contributed by atoms with van der Waals surface area (Å²) in [6.07, 6.45) is 0.340. The Bertz CT molecular complexity index is 1010. The van der Waals surface area contributed by atoms with Gasteiger partial charge in [-0.2, -0.15) is 0 Å². The summed E-state index contributed by atoms with van der Waals surface area (Å²) in [7, 11) is 1.48. The van der Waals surface area contributed by atoms with Crippen LogP contribution in [0.25, 0.3) is 22.2 Å². The van der Waals surface area contributed by atoms with Crippen molar-refractivity contribution in [2.75, 3.05) is 7.05 Å². The lowest BCUT2D eigenvalue weighted by atomic mass is 9.75. The van der Waals surface area contributed by atoms with Crippen LogP contribution in [0.1, 0.15) is 24.3 Å². The van der Waals surface area contributed by atoms with Crippen LogP contribution < -0.4 is 5.32 Å². The van der Waals surface area contributed by atoms with Crippen LogP contribution in [0.15, 0.2) is 36.4 Å². The number of H-pyrrole nitrogens is 1. The van der Waals surface area contributed by atoms with Crippen molar-refractivity contribution in [3.05, 3.63) is 59.4 Å². The molecule has 1 aliphatic rings. The Morgan fingerprint density at radius 3 is 2.48 bits per heavy atom. The second-order valence-electron chi connectivity index (χ2n) is 6.68. The zero-order valence-electron chi connectivity index (χ0n) is 14.5. The molecule has 0 spiro atoms. The summed E-state index contributed by atoms with van der Waals surface area (Å²) in [6, 6.07) is 7.95. The fraction of sp³-hybridized carbons (Fsp3) is 0.250. The zero-order chi connectivity index (χ0) is 19.1. The second-order valence-corrected chi connectivity index (χ2v) is 6.68. The maximum Gasteiger partial charge on any atom is 0.407 e. The number of carbonyl (C=O) groups excluding carboxylic acids is 1. The SMILES string of the molecule is CNC(=O)OC1CC(c2c(-c3ccc(F)cc3)[nH]c3c(F)cc(F)cc23)C1. The van der Waals surface area contributed by atoms with E-state index in [1.807, 2.05) is 0 Å². The third kappa shape index (κ3) is 3.13. The number of rotatable bonds is 3. The minimum Gasteiger partial charge on any atom is -0.446 e. The van der Waals surface area contributed by atoms with Crippen LogP contribution in [0.5, 0.6) is 0 Å². The number of halogens is 3. The van der Waals surface area contributed by atoms with Gasteiger partial charge in [0.05, 0.1) is 11.2 Å². The Hall–Kier alpha value is -2.96. The number of aromatic amines is 1. The van der Waals surface area contributed by atoms with Gasteiger partial charge >= 0.3 is 6.09 Å². The van der Waals surface area contributed by atoms with Gasteiger partial charge in [-0.1, -0.05) is 0 Å². The first-order valence-electron chi connectivity index (χ1n) is 8.61. The van der Waals surface area contributed by atoms with E-state index in [9.17, 15) is 18.0 Å². The molecule has 1 fully saturated rings. The number of ether oxygens (including phenoxy) is 1. The summed E-state index contributed by atoms with van der Waals surface area (Å²) in [5.41, 5.74) is 2.27. The molecule has 0 atom stereocenters. The molecule has 0 saturated heterocycles. The predicted octanol–water partition coefficient (Wildman–Crippen LogP) is 4.85. The van der Waals surface area contributed by atoms with Crippen LogP contribution in [0, 0.1) is 17.5 Å². The summed E-state index contributed by atoms with van der Waals surface area (Å²) < 4.78 is 46.7. The number of hydrogen-bond donors (Lipinski definition) is 2. The normalized spacial score (nSPS) is 19.0. The summed E-state index contributed by atoms with van der Waals surface area (Å²) in [5, 5.41) is 2.85. The molecule has 140 valence electrons. The molecule has 1 aromatic heterocycles. The number of hydrogen-bond acceptors (Lipinski definition) is 2. The van der Waals surface area contributed by atoms with Crippen LogP contribution in [0.4, 0.5) is 18.0 Å². The predicted molar refractivity (Wildman–Crippen MR) is 94.9 cm³/mol. The quantitative estimate of drug-likeness (QED) is 0.688. The van der Waals surface area contributed by atoms with E-state index < -0.39 is 17.7 Å². The highest BCUT2D eigenvalue weighted by Crippen LogP contribution is 2.46. The van der Waals surface area contributed by atoms with Crippen LogP contribution >= 0.6 is 0 Å². The molecule has 2 N–H and O–H groups in total. The lowest BCUT2D eigenvalue weighted by Crippen LogP contribution is -2.35. The summed E-state index contributed by atoms with van der Waals surface area (Å²) in [4.78, 5) is 14.4. The third-order valence-electron chi connectivity index (χ3n) is 4.98. The third-order valence-corrected chi connectivity index (χ3v) is 4.98. The first-order chi connectivity index (χ1) is 13.0. The van der Waals surface area contributed by atoms with Crippen LogP contribution in [0.2, 0.25) is 0 Å². The first-order valence-corrected chi connectivity index (χ1v) is 8.61. The fourth-order valence-electron chi connectivity index (χ4n) is 3.62. The molecule has 4 rings (SSSR count). The van der Waals surface area contributed by atoms with Crippen LogP contribution in [0.3, 0.4) is 0 Å². The lowest BCUT2D eigenvalue weighted by Gasteiger charge is -2.35. The number of aromatic nitrogens is 1. The van der Waals surface area contributed by atoms with E-state index in [1.54, 1.807) is 12.1 Å². The maximum absolute atomic E-state index is 14.3. The van der Waals surface area contributed by atoms with E-state index in [0.29, 0.717) is 29.5 Å². The Morgan fingerprint density at radius 2 is 1.81 bits per heavy atom. The molecule has 1 saturated carbocycles. The number of fused-ring (bicyclic) bond motifs is 1. The number of amides is 1. The van der Waals surface area contributed by atoms with E-state index >= 15 is 0 Å². The van der Waals surface area contributed by atoms with Gasteiger partial charge in [0.25, 0.3) is 0 Å². The minimum absolute atomic E-state index is 0.0327. The van der Waals surface area contributed by atoms with Crippen molar-refractivity contribution in [3.8, 4) is 11.3 Å². The largest absolute Gasteiger partial charge is 0.446 e. The molecule has 7 heteroatoms. The Morgan fingerprint density at radius 1 is 1.11 bits per heavy atom. The molecule has 0 radical (unpaired) electrons. The molecule has 3 aromatic rings. The fourth-order valence-corrected chi connectivity index (χ4v) is 3.62. The van der Waals surface area contributed by atoms with Crippen molar-refractivity contribution in [1.29, 1.82) is 0 Å². The van der Waals surface area contributed by atoms with Crippen molar-refractivity contribution in [2.24, 2.45) is 0 Å². The first kappa shape index (κ1) is 17.5. The number of benzene rings is 2. The maximum atomic E-state index is 14.3. The molecule has 0 bridgehead atoms. The molecular formula is C20H17F3N2O2. The van der Waals surface area contributed by atoms with Crippen LogP contribution in [-0.2, 0) is 4.74 Å². The number of carbonyl (C=O) groups is 1. The molecular weight excluding hydrogens is 357 g/mol. The van der Waals surface area contributed by atoms with Gasteiger partial charge in [-0.25, -0.2) is 18.0 Å². The smallest absolute Gasteiger partial charge is 0.407 e. The van der Waals surface area contributed by atoms with Crippen LogP contribution in [-0.4, -0.2) is 24.2 Å². The van der Waals surface area contributed by atoms with Crippen molar-refractivity contribution in [2.45, 2.75) is 24.9 Å². The average Bonchev–Trinajstić information content (AvgIpc) is 2.97. The van der Waals surface area contributed by atoms with Gasteiger partial charge in [-0.15, -0.1) is 0 Å². The van der Waals surface area contributed by atoms with Gasteiger partial charge in [-0.05, 0) is 60.2 Å². The van der Waals surface area contributed by atoms with Gasteiger partial charge < -0.3 is 15.0 Å². The topological polar surface area (TPSA) is 54.1 Å². The number of nitrogens with one attached hydrogen (secondary N) is 2. The molecule has 27 heavy (non-hydrogen) atoms. The zero-order valence-corrected chi connectivity index (χ0v) is 14.5. The van der Waals surface area contributed by atoms with Gasteiger partial charge in [0.1, 0.15) is 23.6 Å². The molecule has 1 amide bonds. The highest BCUT2D eigenvalue weighted by molar-refractivity contribution is 5.92. The second kappa shape index (κ2) is 6.64. The summed E-state index contributed by atoms with van der Waals surface area (Å²) in [6.45, 7) is 0. The molecule has 0 aliphatic heterocycles. The van der Waals surface area contributed by atoms with Crippen molar-refractivity contribution >= 4 is 17.0 Å². The van der Waals surface area contributed by atoms with E-state index in [0.717, 1.165) is 11.6 Å². The van der Waals surface area contributed by atoms with Crippen molar-refractivity contribution < 1.29 is 22.7 Å². The lowest BCUT2D eigenvalue weighted by molar-refractivity contribution is 0.0411. The Labute approximate surface area is 153 Å². The van der Waals surface area contributed by atoms with Gasteiger partial charge in [-0.3, -0.25) is 0 Å². The molecule has 0 unspecified atom stereocenters. The highest BCUT2D eigenvalue weighted by atomic mass is 19.1. The van der Waals surface area contributed by atoms with Gasteiger partial charge in [0.15, 0.2) is 0 Å². The van der Waals surface area contributed by atoms with Crippen molar-refractivity contribution in [1.82, 2.24) is 10.3 Å². The highest BCUT2D eigenvalue weighted by Gasteiger charge is 2.36. The molecule has 1 aliphatic carbocycles. The standard InChI is InChI=1S/C20H17F3N2O2/c1-24-20(26)27-14-6-11(7-14)17-15-8-13(22)9-16(23)19(15)25-18(17)10-2-4-12(21)5-3-10/h2-5,8-9,11,14,25H,6-7H2,1H3,(H,24,26). The molecule has 4 nitrogen and oxygen atoms in total. The van der Waals surface area contributed by atoms with Gasteiger partial charge in [0.2, 0.25) is 0 Å². The van der Waals surface area contributed by atoms with Crippen molar-refractivity contribution in [3.63, 3.8) is 0 Å². The minimum atomic E-state index is -0.683. The van der Waals surface area contributed by atoms with E-state index in [-0.39, 0.29) is 23.4 Å². The summed E-state index contributed by atoms with van der Waals surface area (Å²) >= 11 is 0. The van der Waals surface area contributed by atoms with E-state index in [1.165, 1.54) is 25.2 Å². The Kier molecular flexibility index (Phi) is 4.30. The van der Waals surface area contributed by atoms with Gasteiger partial charge in [0, 0.05) is 18.5 Å². The van der Waals surface area contributed by atoms with E-state index in [2.05, 4.69) is 10.3 Å². The van der Waals surface area contributed by atoms with E-state index in [4.69, 9.17) is 4.74 Å². The molecule has 1 heterocycles. The molecule has 2 aromatic carbocycles. The summed E-state index contributed by atoms with van der Waals surface area (Å²) in [5.74, 6) is -1.76.